The van der Waals surface area contributed by atoms with Gasteiger partial charge in [-0.2, -0.15) is 0 Å². The highest BCUT2D eigenvalue weighted by molar-refractivity contribution is 5.63. The van der Waals surface area contributed by atoms with Gasteiger partial charge in [0, 0.05) is 25.2 Å². The molecule has 17 heavy (non-hydrogen) atoms. The highest BCUT2D eigenvalue weighted by atomic mass is 19.1. The van der Waals surface area contributed by atoms with Crippen molar-refractivity contribution in [2.24, 2.45) is 12.8 Å². The molecule has 0 atom stereocenters. The van der Waals surface area contributed by atoms with Gasteiger partial charge >= 0.3 is 0 Å². The van der Waals surface area contributed by atoms with Crippen LogP contribution in [0, 0.1) is 11.6 Å². The molecule has 0 amide bonds. The molecule has 0 saturated heterocycles. The Labute approximate surface area is 95.7 Å². The van der Waals surface area contributed by atoms with Crippen molar-refractivity contribution in [1.29, 1.82) is 0 Å². The lowest BCUT2D eigenvalue weighted by Gasteiger charge is -2.02. The molecule has 0 radical (unpaired) electrons. The van der Waals surface area contributed by atoms with Crippen molar-refractivity contribution in [1.82, 2.24) is 9.78 Å². The minimum Gasteiger partial charge on any atom is -0.326 e. The van der Waals surface area contributed by atoms with E-state index in [0.29, 0.717) is 0 Å². The fraction of sp³-hybridized carbons (Fsp3) is 0.182. The summed E-state index contributed by atoms with van der Waals surface area (Å²) in [5.41, 5.74) is 5.83. The first-order valence-electron chi connectivity index (χ1n) is 4.98. The van der Waals surface area contributed by atoms with Crippen LogP contribution in [0.1, 0.15) is 5.56 Å². The third-order valence-electron chi connectivity index (χ3n) is 2.55. The zero-order chi connectivity index (χ0) is 12.6. The molecule has 1 aromatic carbocycles. The standard InChI is InChI=1S/C11H11F2N3O/c1-16-11(17)8(5-14)10(15-16)7-3-2-6(12)4-9(7)13/h2-4,15H,5,14H2,1H3. The van der Waals surface area contributed by atoms with Crippen molar-refractivity contribution in [3.63, 3.8) is 0 Å². The summed E-state index contributed by atoms with van der Waals surface area (Å²) in [4.78, 5) is 11.6. The Balaban J connectivity index is 2.68. The molecule has 0 fully saturated rings. The summed E-state index contributed by atoms with van der Waals surface area (Å²) < 4.78 is 27.6. The summed E-state index contributed by atoms with van der Waals surface area (Å²) in [6, 6.07) is 3.17. The summed E-state index contributed by atoms with van der Waals surface area (Å²) in [6.07, 6.45) is 0. The Bertz CT molecular complexity index is 616. The van der Waals surface area contributed by atoms with Crippen molar-refractivity contribution in [2.75, 3.05) is 0 Å². The number of H-pyrrole nitrogens is 1. The Hall–Kier alpha value is -1.95. The van der Waals surface area contributed by atoms with Crippen LogP contribution in [0.2, 0.25) is 0 Å². The van der Waals surface area contributed by atoms with Crippen molar-refractivity contribution in [2.45, 2.75) is 6.54 Å². The molecular formula is C11H11F2N3O. The Morgan fingerprint density at radius 2 is 2.12 bits per heavy atom. The van der Waals surface area contributed by atoms with Crippen LogP contribution >= 0.6 is 0 Å². The number of aromatic amines is 1. The van der Waals surface area contributed by atoms with Crippen LogP contribution in [0.4, 0.5) is 8.78 Å². The lowest BCUT2D eigenvalue weighted by molar-refractivity contribution is 0.585. The number of aryl methyl sites for hydroxylation is 1. The van der Waals surface area contributed by atoms with E-state index in [0.717, 1.165) is 12.1 Å². The molecule has 1 heterocycles. The van der Waals surface area contributed by atoms with Gasteiger partial charge in [0.2, 0.25) is 0 Å². The molecule has 2 rings (SSSR count). The topological polar surface area (TPSA) is 63.8 Å². The zero-order valence-corrected chi connectivity index (χ0v) is 9.13. The molecule has 0 saturated carbocycles. The van der Waals surface area contributed by atoms with E-state index in [2.05, 4.69) is 5.10 Å². The van der Waals surface area contributed by atoms with Crippen molar-refractivity contribution in [3.8, 4) is 11.3 Å². The van der Waals surface area contributed by atoms with E-state index in [1.165, 1.54) is 17.8 Å². The average Bonchev–Trinajstić information content (AvgIpc) is 2.55. The number of halogens is 2. The number of nitrogens with zero attached hydrogens (tertiary/aromatic N) is 1. The Kier molecular flexibility index (Phi) is 2.81. The summed E-state index contributed by atoms with van der Waals surface area (Å²) in [7, 11) is 1.51. The molecule has 90 valence electrons. The number of nitrogens with two attached hydrogens (primary N) is 1. The van der Waals surface area contributed by atoms with Gasteiger partial charge in [0.1, 0.15) is 11.6 Å². The molecule has 0 spiro atoms. The maximum absolute atomic E-state index is 13.6. The Morgan fingerprint density at radius 1 is 1.41 bits per heavy atom. The van der Waals surface area contributed by atoms with Gasteiger partial charge in [-0.3, -0.25) is 14.6 Å². The predicted octanol–water partition coefficient (Wildman–Crippen LogP) is 1.12. The van der Waals surface area contributed by atoms with Crippen LogP contribution in [0.3, 0.4) is 0 Å². The lowest BCUT2D eigenvalue weighted by Crippen LogP contribution is -2.17. The summed E-state index contributed by atoms with van der Waals surface area (Å²) >= 11 is 0. The smallest absolute Gasteiger partial charge is 0.271 e. The van der Waals surface area contributed by atoms with Crippen LogP contribution in [-0.2, 0) is 13.6 Å². The minimum atomic E-state index is -0.735. The summed E-state index contributed by atoms with van der Waals surface area (Å²) in [6.45, 7) is -0.0116. The van der Waals surface area contributed by atoms with Gasteiger partial charge < -0.3 is 5.73 Å². The van der Waals surface area contributed by atoms with E-state index in [4.69, 9.17) is 5.73 Å². The zero-order valence-electron chi connectivity index (χ0n) is 9.13. The molecule has 2 aromatic rings. The molecular weight excluding hydrogens is 228 g/mol. The fourth-order valence-corrected chi connectivity index (χ4v) is 1.70. The number of hydrogen-bond donors (Lipinski definition) is 2. The van der Waals surface area contributed by atoms with E-state index in [-0.39, 0.29) is 28.9 Å². The first kappa shape index (κ1) is 11.5. The second kappa shape index (κ2) is 4.14. The minimum absolute atomic E-state index is 0.0116. The van der Waals surface area contributed by atoms with Crippen molar-refractivity contribution in [3.05, 3.63) is 45.8 Å². The number of benzene rings is 1. The van der Waals surface area contributed by atoms with Crippen molar-refractivity contribution < 1.29 is 8.78 Å². The number of nitrogens with one attached hydrogen (secondary N) is 1. The van der Waals surface area contributed by atoms with Gasteiger partial charge in [0.25, 0.3) is 5.56 Å². The molecule has 3 N–H and O–H groups in total. The second-order valence-corrected chi connectivity index (χ2v) is 3.66. The van der Waals surface area contributed by atoms with E-state index in [1.54, 1.807) is 0 Å². The van der Waals surface area contributed by atoms with Gasteiger partial charge in [-0.15, -0.1) is 0 Å². The highest BCUT2D eigenvalue weighted by Crippen LogP contribution is 2.23. The maximum atomic E-state index is 13.6. The van der Waals surface area contributed by atoms with E-state index in [1.807, 2.05) is 0 Å². The van der Waals surface area contributed by atoms with Crippen LogP contribution < -0.4 is 11.3 Å². The third-order valence-corrected chi connectivity index (χ3v) is 2.55. The molecule has 4 nitrogen and oxygen atoms in total. The molecule has 0 unspecified atom stereocenters. The average molecular weight is 239 g/mol. The van der Waals surface area contributed by atoms with Gasteiger partial charge in [-0.05, 0) is 12.1 Å². The van der Waals surface area contributed by atoms with Crippen LogP contribution in [0.5, 0.6) is 0 Å². The molecule has 0 aliphatic carbocycles. The Morgan fingerprint density at radius 3 is 2.71 bits per heavy atom. The summed E-state index contributed by atoms with van der Waals surface area (Å²) in [5.74, 6) is -1.40. The van der Waals surface area contributed by atoms with Crippen molar-refractivity contribution >= 4 is 0 Å². The van der Waals surface area contributed by atoms with Crippen LogP contribution in [-0.4, -0.2) is 9.78 Å². The summed E-state index contributed by atoms with van der Waals surface area (Å²) in [5, 5.41) is 2.70. The fourth-order valence-electron chi connectivity index (χ4n) is 1.70. The third kappa shape index (κ3) is 1.87. The first-order valence-corrected chi connectivity index (χ1v) is 4.98. The number of rotatable bonds is 2. The second-order valence-electron chi connectivity index (χ2n) is 3.66. The quantitative estimate of drug-likeness (QED) is 0.824. The monoisotopic (exact) mass is 239 g/mol. The largest absolute Gasteiger partial charge is 0.326 e. The molecule has 0 bridgehead atoms. The lowest BCUT2D eigenvalue weighted by atomic mass is 10.1. The number of aromatic nitrogens is 2. The predicted molar refractivity (Wildman–Crippen MR) is 59.3 cm³/mol. The number of hydrogen-bond acceptors (Lipinski definition) is 2. The van der Waals surface area contributed by atoms with E-state index in [9.17, 15) is 13.6 Å². The molecule has 1 aromatic heterocycles. The normalized spacial score (nSPS) is 10.8. The van der Waals surface area contributed by atoms with Crippen LogP contribution in [0.25, 0.3) is 11.3 Å². The van der Waals surface area contributed by atoms with Gasteiger partial charge in [-0.1, -0.05) is 0 Å². The van der Waals surface area contributed by atoms with E-state index < -0.39 is 11.6 Å². The molecule has 0 aliphatic rings. The highest BCUT2D eigenvalue weighted by Gasteiger charge is 2.16. The molecule has 0 aliphatic heterocycles. The van der Waals surface area contributed by atoms with Gasteiger partial charge in [-0.25, -0.2) is 8.78 Å². The van der Waals surface area contributed by atoms with Gasteiger partial charge in [0.15, 0.2) is 0 Å². The SMILES string of the molecule is Cn1[nH]c(-c2ccc(F)cc2F)c(CN)c1=O. The van der Waals surface area contributed by atoms with E-state index >= 15 is 0 Å². The van der Waals surface area contributed by atoms with Gasteiger partial charge in [0.05, 0.1) is 11.3 Å². The first-order chi connectivity index (χ1) is 8.04. The van der Waals surface area contributed by atoms with Crippen LogP contribution in [0.15, 0.2) is 23.0 Å². The maximum Gasteiger partial charge on any atom is 0.271 e. The molecule has 6 heteroatoms.